The average Bonchev–Trinajstić information content (AvgIpc) is 3.00. The number of alkyl carbamates (subject to hydrolysis) is 1. The van der Waals surface area contributed by atoms with Crippen LogP contribution in [-0.2, 0) is 29.1 Å². The summed E-state index contributed by atoms with van der Waals surface area (Å²) in [5, 5.41) is 2.43. The molecule has 1 aliphatic carbocycles. The van der Waals surface area contributed by atoms with Gasteiger partial charge in [0.2, 0.25) is 0 Å². The van der Waals surface area contributed by atoms with E-state index in [1.807, 2.05) is 36.4 Å². The van der Waals surface area contributed by atoms with E-state index in [2.05, 4.69) is 44.1 Å². The number of nitrogens with one attached hydrogen (secondary N) is 1. The summed E-state index contributed by atoms with van der Waals surface area (Å²) >= 11 is 3.62. The second kappa shape index (κ2) is 10.5. The van der Waals surface area contributed by atoms with Gasteiger partial charge >= 0.3 is 40.6 Å². The number of fused-ring (bicyclic) bond motifs is 3. The quantitative estimate of drug-likeness (QED) is 0.250. The molecule has 2 aromatic carbocycles. The van der Waals surface area contributed by atoms with E-state index in [4.69, 9.17) is 9.47 Å². The van der Waals surface area contributed by atoms with Gasteiger partial charge in [-0.1, -0.05) is 48.5 Å². The summed E-state index contributed by atoms with van der Waals surface area (Å²) in [6.45, 7) is 9.07. The van der Waals surface area contributed by atoms with Crippen molar-refractivity contribution in [1.29, 1.82) is 0 Å². The number of halogens is 1. The molecule has 1 aliphatic rings. The van der Waals surface area contributed by atoms with Crippen molar-refractivity contribution in [2.45, 2.75) is 38.3 Å². The van der Waals surface area contributed by atoms with Gasteiger partial charge in [0.15, 0.2) is 0 Å². The molecule has 0 bridgehead atoms. The fourth-order valence-electron chi connectivity index (χ4n) is 3.21. The summed E-state index contributed by atoms with van der Waals surface area (Å²) in [6, 6.07) is 15.2. The van der Waals surface area contributed by atoms with Crippen molar-refractivity contribution in [2.75, 3.05) is 6.61 Å². The zero-order valence-corrected chi connectivity index (χ0v) is 22.0. The molecule has 1 N–H and O–H groups in total. The summed E-state index contributed by atoms with van der Waals surface area (Å²) in [7, 11) is 0. The normalized spacial score (nSPS) is 13.3. The first kappa shape index (κ1) is 23.8. The van der Waals surface area contributed by atoms with Crippen molar-refractivity contribution in [3.63, 3.8) is 0 Å². The zero-order chi connectivity index (χ0) is 21.6. The van der Waals surface area contributed by atoms with E-state index in [0.29, 0.717) is 0 Å². The van der Waals surface area contributed by atoms with Gasteiger partial charge in [-0.3, -0.25) is 4.79 Å². The molecule has 2 aromatic rings. The van der Waals surface area contributed by atoms with Gasteiger partial charge in [0, 0.05) is 12.0 Å². The van der Waals surface area contributed by atoms with Crippen LogP contribution < -0.4 is 5.32 Å². The summed E-state index contributed by atoms with van der Waals surface area (Å²) in [6.07, 6.45) is -0.692. The van der Waals surface area contributed by atoms with Crippen molar-refractivity contribution in [2.24, 2.45) is 0 Å². The first-order valence-electron chi connectivity index (χ1n) is 9.20. The van der Waals surface area contributed by atoms with E-state index in [1.54, 1.807) is 20.8 Å². The van der Waals surface area contributed by atoms with Crippen molar-refractivity contribution in [1.82, 2.24) is 5.32 Å². The SMILES string of the molecule is [CH2-][C@H](NC(=O)OCC1c2ccccc2-c2ccccc21)C(=O)OC(C)(C)C.[Zn+][I]. The van der Waals surface area contributed by atoms with Crippen LogP contribution >= 0.6 is 19.8 Å². The average molecular weight is 559 g/mol. The van der Waals surface area contributed by atoms with E-state index in [9.17, 15) is 9.59 Å². The van der Waals surface area contributed by atoms with Gasteiger partial charge in [0.25, 0.3) is 5.97 Å². The topological polar surface area (TPSA) is 64.6 Å². The van der Waals surface area contributed by atoms with Crippen LogP contribution in [0.15, 0.2) is 48.5 Å². The van der Waals surface area contributed by atoms with Crippen LogP contribution in [0, 0.1) is 6.92 Å². The predicted molar refractivity (Wildman–Crippen MR) is 117 cm³/mol. The molecular weight excluding hydrogens is 535 g/mol. The Morgan fingerprint density at radius 3 is 2.03 bits per heavy atom. The molecule has 0 saturated heterocycles. The summed E-state index contributed by atoms with van der Waals surface area (Å²) in [5.74, 6) is -0.635. The van der Waals surface area contributed by atoms with Gasteiger partial charge < -0.3 is 21.7 Å². The van der Waals surface area contributed by atoms with Crippen molar-refractivity contribution in [3.8, 4) is 11.1 Å². The number of ether oxygens (including phenoxy) is 2. The van der Waals surface area contributed by atoms with Gasteiger partial charge in [-0.2, -0.15) is 0 Å². The van der Waals surface area contributed by atoms with Gasteiger partial charge in [0.05, 0.1) is 0 Å². The number of esters is 1. The Balaban J connectivity index is 0.00000145. The van der Waals surface area contributed by atoms with E-state index < -0.39 is 23.7 Å². The summed E-state index contributed by atoms with van der Waals surface area (Å²) in [4.78, 5) is 24.1. The number of benzene rings is 2. The second-order valence-electron chi connectivity index (χ2n) is 7.56. The van der Waals surface area contributed by atoms with Gasteiger partial charge in [-0.25, -0.2) is 4.79 Å². The van der Waals surface area contributed by atoms with Crippen LogP contribution in [0.1, 0.15) is 37.8 Å². The van der Waals surface area contributed by atoms with Crippen LogP contribution in [0.3, 0.4) is 0 Å². The third-order valence-corrected chi connectivity index (χ3v) is 4.33. The Morgan fingerprint density at radius 1 is 1.07 bits per heavy atom. The minimum atomic E-state index is -1.03. The molecule has 0 unspecified atom stereocenters. The van der Waals surface area contributed by atoms with Crippen LogP contribution in [0.25, 0.3) is 11.1 Å². The van der Waals surface area contributed by atoms with Crippen molar-refractivity contribution in [3.05, 3.63) is 66.6 Å². The molecule has 1 amide bonds. The van der Waals surface area contributed by atoms with Gasteiger partial charge in [-0.05, 0) is 43.0 Å². The zero-order valence-electron chi connectivity index (χ0n) is 16.9. The minimum absolute atomic E-state index is 0.0343. The molecular formula is C22H24INO4Zn. The maximum atomic E-state index is 12.1. The third kappa shape index (κ3) is 6.25. The summed E-state index contributed by atoms with van der Waals surface area (Å²) < 4.78 is 10.6. The first-order valence-corrected chi connectivity index (χ1v) is 18.3. The second-order valence-corrected chi connectivity index (χ2v) is 7.56. The number of hydrogen-bond acceptors (Lipinski definition) is 4. The van der Waals surface area contributed by atoms with E-state index >= 15 is 0 Å². The molecule has 3 rings (SSSR count). The Labute approximate surface area is 192 Å². The van der Waals surface area contributed by atoms with Crippen LogP contribution in [0.5, 0.6) is 0 Å². The molecule has 0 spiro atoms. The fourth-order valence-corrected chi connectivity index (χ4v) is 3.21. The number of carbonyl (C=O) groups excluding carboxylic acids is 2. The molecule has 0 aromatic heterocycles. The fraction of sp³-hybridized carbons (Fsp3) is 0.318. The number of hydrogen-bond donors (Lipinski definition) is 1. The monoisotopic (exact) mass is 557 g/mol. The Hall–Kier alpha value is -1.47. The number of amides is 1. The molecule has 1 atom stereocenters. The molecule has 0 fully saturated rings. The molecule has 7 heteroatoms. The third-order valence-electron chi connectivity index (χ3n) is 4.33. The van der Waals surface area contributed by atoms with Crippen molar-refractivity contribution < 1.29 is 33.9 Å². The first-order chi connectivity index (χ1) is 13.8. The van der Waals surface area contributed by atoms with Gasteiger partial charge in [-0.15, -0.1) is 0 Å². The maximum absolute atomic E-state index is 12.1. The Bertz CT molecular complexity index is 820. The standard InChI is InChI=1S/C22H24NO4.HI.Zn/c1-14(20(24)27-22(2,3)4)23-21(25)26-13-19-17-11-7-5-9-15(17)16-10-6-8-12-18(16)19;;/h5-12,14,19H,1,13H2,2-4H3,(H,23,25);1H;/q-1;;+2/p-1/t14-;;/m0../s1. The van der Waals surface area contributed by atoms with Crippen LogP contribution in [-0.4, -0.2) is 30.3 Å². The molecule has 5 nitrogen and oxygen atoms in total. The number of rotatable bonds is 4. The summed E-state index contributed by atoms with van der Waals surface area (Å²) in [5.41, 5.74) is 3.93. The van der Waals surface area contributed by atoms with E-state index in [0.717, 1.165) is 22.3 Å². The van der Waals surface area contributed by atoms with Crippen molar-refractivity contribution >= 4 is 31.8 Å². The Kier molecular flexibility index (Phi) is 8.64. The molecule has 0 aliphatic heterocycles. The molecule has 150 valence electrons. The van der Waals surface area contributed by atoms with E-state index in [1.165, 1.54) is 14.8 Å². The predicted octanol–water partition coefficient (Wildman–Crippen LogP) is 4.95. The molecule has 0 radical (unpaired) electrons. The van der Waals surface area contributed by atoms with Gasteiger partial charge in [0.1, 0.15) is 12.2 Å². The molecule has 29 heavy (non-hydrogen) atoms. The Morgan fingerprint density at radius 2 is 1.55 bits per heavy atom. The van der Waals surface area contributed by atoms with Crippen LogP contribution in [0.4, 0.5) is 4.79 Å². The number of carbonyl (C=O) groups is 2. The molecule has 0 saturated carbocycles. The van der Waals surface area contributed by atoms with Crippen LogP contribution in [0.2, 0.25) is 0 Å². The van der Waals surface area contributed by atoms with E-state index in [-0.39, 0.29) is 12.5 Å². The molecule has 0 heterocycles.